The number of hydrogen-bond donors (Lipinski definition) is 0. The van der Waals surface area contributed by atoms with Crippen molar-refractivity contribution in [2.24, 2.45) is 0 Å². The van der Waals surface area contributed by atoms with Gasteiger partial charge in [-0.05, 0) is 38.5 Å². The Morgan fingerprint density at radius 2 is 1.89 bits per heavy atom. The van der Waals surface area contributed by atoms with E-state index < -0.39 is 0 Å². The van der Waals surface area contributed by atoms with Crippen molar-refractivity contribution >= 4 is 28.1 Å². The summed E-state index contributed by atoms with van der Waals surface area (Å²) in [4.78, 5) is 30.4. The molecule has 0 saturated heterocycles. The first-order valence-electron chi connectivity index (χ1n) is 9.19. The van der Waals surface area contributed by atoms with Crippen LogP contribution in [0.15, 0.2) is 53.5 Å². The average Bonchev–Trinajstić information content (AvgIpc) is 2.67. The van der Waals surface area contributed by atoms with Gasteiger partial charge in [-0.15, -0.1) is 0 Å². The summed E-state index contributed by atoms with van der Waals surface area (Å²) < 4.78 is 1.93. The van der Waals surface area contributed by atoms with Gasteiger partial charge < -0.3 is 9.47 Å². The summed E-state index contributed by atoms with van der Waals surface area (Å²) in [5, 5.41) is 0.407. The van der Waals surface area contributed by atoms with Crippen LogP contribution < -0.4 is 10.3 Å². The summed E-state index contributed by atoms with van der Waals surface area (Å²) in [6.45, 7) is 13.6. The fourth-order valence-corrected chi connectivity index (χ4v) is 3.39. The van der Waals surface area contributed by atoms with E-state index in [4.69, 9.17) is 6.57 Å². The molecule has 1 heterocycles. The number of rotatable bonds is 5. The zero-order valence-corrected chi connectivity index (χ0v) is 16.6. The highest BCUT2D eigenvalue weighted by molar-refractivity contribution is 5.99. The van der Waals surface area contributed by atoms with Gasteiger partial charge in [0.25, 0.3) is 0 Å². The minimum Gasteiger partial charge on any atom is -0.379 e. The molecule has 3 rings (SSSR count). The molecule has 5 heteroatoms. The SMILES string of the molecule is [C-]#[N+]c1cc2c(=O)c(C(C)=O)cn(C(C)C)c2cc1N(C)Cc1ccccc1. The summed E-state index contributed by atoms with van der Waals surface area (Å²) in [7, 11) is 1.94. The highest BCUT2D eigenvalue weighted by Gasteiger charge is 2.18. The van der Waals surface area contributed by atoms with E-state index in [0.717, 1.165) is 16.8 Å². The van der Waals surface area contributed by atoms with Gasteiger partial charge in [0.1, 0.15) is 0 Å². The monoisotopic (exact) mass is 373 g/mol. The van der Waals surface area contributed by atoms with Gasteiger partial charge in [-0.3, -0.25) is 9.59 Å². The quantitative estimate of drug-likeness (QED) is 0.468. The Bertz CT molecular complexity index is 1140. The van der Waals surface area contributed by atoms with E-state index >= 15 is 0 Å². The number of aromatic nitrogens is 1. The smallest absolute Gasteiger partial charge is 0.210 e. The van der Waals surface area contributed by atoms with Crippen molar-refractivity contribution in [2.75, 3.05) is 11.9 Å². The Labute approximate surface area is 164 Å². The van der Waals surface area contributed by atoms with Gasteiger partial charge in [-0.1, -0.05) is 30.3 Å². The van der Waals surface area contributed by atoms with Crippen molar-refractivity contribution in [3.63, 3.8) is 0 Å². The third kappa shape index (κ3) is 3.54. The number of carbonyl (C=O) groups excluding carboxylic acids is 1. The number of fused-ring (bicyclic) bond motifs is 1. The third-order valence-corrected chi connectivity index (χ3v) is 4.86. The zero-order chi connectivity index (χ0) is 20.4. The minimum absolute atomic E-state index is 0.0623. The predicted molar refractivity (Wildman–Crippen MR) is 113 cm³/mol. The van der Waals surface area contributed by atoms with Gasteiger partial charge in [0.15, 0.2) is 11.2 Å². The molecule has 1 aromatic heterocycles. The molecule has 0 aliphatic heterocycles. The number of ketones is 1. The van der Waals surface area contributed by atoms with Gasteiger partial charge in [-0.2, -0.15) is 0 Å². The van der Waals surface area contributed by atoms with Gasteiger partial charge in [0, 0.05) is 36.9 Å². The van der Waals surface area contributed by atoms with Crippen molar-refractivity contribution < 1.29 is 4.79 Å². The number of Topliss-reactive ketones (excluding diaryl/α,β-unsaturated/α-hetero) is 1. The van der Waals surface area contributed by atoms with E-state index in [1.807, 2.05) is 66.8 Å². The predicted octanol–water partition coefficient (Wildman–Crippen LogP) is 4.97. The molecule has 2 aromatic carbocycles. The fraction of sp³-hybridized carbons (Fsp3) is 0.261. The topological polar surface area (TPSA) is 46.7 Å². The molecule has 0 aliphatic carbocycles. The molecule has 0 unspecified atom stereocenters. The second-order valence-corrected chi connectivity index (χ2v) is 7.24. The Balaban J connectivity index is 2.24. The molecule has 0 N–H and O–H groups in total. The first kappa shape index (κ1) is 19.4. The summed E-state index contributed by atoms with van der Waals surface area (Å²) in [5.41, 5.74) is 2.86. The lowest BCUT2D eigenvalue weighted by Crippen LogP contribution is -2.20. The van der Waals surface area contributed by atoms with E-state index in [9.17, 15) is 9.59 Å². The van der Waals surface area contributed by atoms with Crippen LogP contribution in [-0.2, 0) is 6.54 Å². The molecule has 0 bridgehead atoms. The fourth-order valence-electron chi connectivity index (χ4n) is 3.39. The summed E-state index contributed by atoms with van der Waals surface area (Å²) in [6.07, 6.45) is 1.64. The van der Waals surface area contributed by atoms with Crippen molar-refractivity contribution in [3.05, 3.63) is 81.4 Å². The minimum atomic E-state index is -0.318. The van der Waals surface area contributed by atoms with Crippen LogP contribution in [0.1, 0.15) is 42.7 Å². The molecular formula is C23H23N3O2. The number of anilines is 1. The molecule has 0 fully saturated rings. The Hall–Kier alpha value is -3.39. The lowest BCUT2D eigenvalue weighted by atomic mass is 10.1. The van der Waals surface area contributed by atoms with E-state index in [0.29, 0.717) is 17.6 Å². The van der Waals surface area contributed by atoms with Gasteiger partial charge in [-0.25, -0.2) is 4.85 Å². The maximum absolute atomic E-state index is 12.8. The largest absolute Gasteiger partial charge is 0.379 e. The van der Waals surface area contributed by atoms with Crippen molar-refractivity contribution in [1.29, 1.82) is 0 Å². The summed E-state index contributed by atoms with van der Waals surface area (Å²) >= 11 is 0. The lowest BCUT2D eigenvalue weighted by Gasteiger charge is -2.23. The standard InChI is InChI=1S/C23H23N3O2/c1-15(2)26-14-19(16(3)27)23(28)18-11-20(24-4)22(12-21(18)26)25(5)13-17-9-7-6-8-10-17/h6-12,14-15H,13H2,1-3,5H3. The van der Waals surface area contributed by atoms with Crippen LogP contribution in [0.4, 0.5) is 11.4 Å². The maximum atomic E-state index is 12.8. The average molecular weight is 373 g/mol. The number of carbonyl (C=O) groups is 1. The van der Waals surface area contributed by atoms with Crippen molar-refractivity contribution in [2.45, 2.75) is 33.4 Å². The van der Waals surface area contributed by atoms with Crippen LogP contribution in [0, 0.1) is 6.57 Å². The third-order valence-electron chi connectivity index (χ3n) is 4.86. The summed E-state index contributed by atoms with van der Waals surface area (Å²) in [5.74, 6) is -0.268. The number of hydrogen-bond acceptors (Lipinski definition) is 3. The first-order chi connectivity index (χ1) is 13.3. The number of pyridine rings is 1. The zero-order valence-electron chi connectivity index (χ0n) is 16.6. The molecule has 0 atom stereocenters. The lowest BCUT2D eigenvalue weighted by molar-refractivity contribution is 0.101. The molecule has 142 valence electrons. The first-order valence-corrected chi connectivity index (χ1v) is 9.19. The highest BCUT2D eigenvalue weighted by Crippen LogP contribution is 2.34. The van der Waals surface area contributed by atoms with Gasteiger partial charge in [0.05, 0.1) is 17.7 Å². The Morgan fingerprint density at radius 3 is 2.46 bits per heavy atom. The highest BCUT2D eigenvalue weighted by atomic mass is 16.1. The number of nitrogens with zero attached hydrogens (tertiary/aromatic N) is 3. The van der Waals surface area contributed by atoms with E-state index in [2.05, 4.69) is 4.85 Å². The van der Waals surface area contributed by atoms with Crippen LogP contribution >= 0.6 is 0 Å². The van der Waals surface area contributed by atoms with Crippen LogP contribution in [0.2, 0.25) is 0 Å². The van der Waals surface area contributed by atoms with Crippen LogP contribution in [0.5, 0.6) is 0 Å². The molecule has 3 aromatic rings. The second kappa shape index (κ2) is 7.69. The van der Waals surface area contributed by atoms with E-state index in [1.165, 1.54) is 6.92 Å². The molecule has 0 radical (unpaired) electrons. The Kier molecular flexibility index (Phi) is 5.32. The van der Waals surface area contributed by atoms with Gasteiger partial charge in [0.2, 0.25) is 5.69 Å². The molecule has 0 saturated carbocycles. The van der Waals surface area contributed by atoms with Crippen LogP contribution in [-0.4, -0.2) is 17.4 Å². The second-order valence-electron chi connectivity index (χ2n) is 7.24. The molecule has 0 spiro atoms. The Morgan fingerprint density at radius 1 is 1.21 bits per heavy atom. The number of benzene rings is 2. The van der Waals surface area contributed by atoms with Crippen molar-refractivity contribution in [1.82, 2.24) is 4.57 Å². The van der Waals surface area contributed by atoms with Gasteiger partial charge >= 0.3 is 0 Å². The summed E-state index contributed by atoms with van der Waals surface area (Å²) in [6, 6.07) is 13.6. The molecule has 0 amide bonds. The van der Waals surface area contributed by atoms with E-state index in [1.54, 1.807) is 12.3 Å². The van der Waals surface area contributed by atoms with Crippen LogP contribution in [0.25, 0.3) is 15.7 Å². The normalized spacial score (nSPS) is 10.9. The van der Waals surface area contributed by atoms with E-state index in [-0.39, 0.29) is 22.8 Å². The molecular weight excluding hydrogens is 350 g/mol. The maximum Gasteiger partial charge on any atom is 0.210 e. The molecule has 5 nitrogen and oxygen atoms in total. The van der Waals surface area contributed by atoms with Crippen molar-refractivity contribution in [3.8, 4) is 0 Å². The molecule has 0 aliphatic rings. The molecule has 28 heavy (non-hydrogen) atoms. The van der Waals surface area contributed by atoms with Crippen LogP contribution in [0.3, 0.4) is 0 Å².